The average molecular weight is 455 g/mol. The van der Waals surface area contributed by atoms with E-state index in [-0.39, 0.29) is 29.3 Å². The van der Waals surface area contributed by atoms with E-state index in [4.69, 9.17) is 14.2 Å². The minimum Gasteiger partial charge on any atom is -0.496 e. The van der Waals surface area contributed by atoms with Crippen molar-refractivity contribution in [2.75, 3.05) is 26.9 Å². The molecule has 2 unspecified atom stereocenters. The fourth-order valence-corrected chi connectivity index (χ4v) is 3.98. The summed E-state index contributed by atoms with van der Waals surface area (Å²) in [5.74, 6) is -3.56. The van der Waals surface area contributed by atoms with Crippen molar-refractivity contribution < 1.29 is 33.5 Å². The number of benzene rings is 2. The number of nitrogens with zero attached hydrogens (tertiary/aromatic N) is 1. The SMILES string of the molecule is CCOC(=O)C(C(=O)c1ccc(C(C)=O)c(OC)c1)C(C[N+](=O)[O-])c1ccc2c(c1)OCC2. The van der Waals surface area contributed by atoms with E-state index in [9.17, 15) is 24.5 Å². The number of hydrogen-bond acceptors (Lipinski definition) is 8. The van der Waals surface area contributed by atoms with Crippen LogP contribution in [0.1, 0.15) is 51.6 Å². The molecule has 2 aromatic rings. The van der Waals surface area contributed by atoms with Gasteiger partial charge >= 0.3 is 5.97 Å². The number of esters is 1. The van der Waals surface area contributed by atoms with Crippen molar-refractivity contribution in [2.24, 2.45) is 5.92 Å². The Morgan fingerprint density at radius 1 is 1.18 bits per heavy atom. The highest BCUT2D eigenvalue weighted by molar-refractivity contribution is 6.10. The van der Waals surface area contributed by atoms with Gasteiger partial charge in [0.05, 0.1) is 31.8 Å². The van der Waals surface area contributed by atoms with Crippen LogP contribution in [-0.2, 0) is 16.0 Å². The number of ether oxygens (including phenoxy) is 3. The van der Waals surface area contributed by atoms with Crippen molar-refractivity contribution in [1.29, 1.82) is 0 Å². The smallest absolute Gasteiger partial charge is 0.317 e. The van der Waals surface area contributed by atoms with Gasteiger partial charge in [0.2, 0.25) is 6.54 Å². The largest absolute Gasteiger partial charge is 0.496 e. The van der Waals surface area contributed by atoms with Crippen LogP contribution in [0, 0.1) is 16.0 Å². The van der Waals surface area contributed by atoms with Gasteiger partial charge in [-0.3, -0.25) is 24.5 Å². The Morgan fingerprint density at radius 2 is 1.94 bits per heavy atom. The molecule has 9 heteroatoms. The Labute approximate surface area is 190 Å². The molecule has 9 nitrogen and oxygen atoms in total. The van der Waals surface area contributed by atoms with Crippen LogP contribution < -0.4 is 9.47 Å². The summed E-state index contributed by atoms with van der Waals surface area (Å²) in [6.07, 6.45) is 0.720. The van der Waals surface area contributed by atoms with Gasteiger partial charge in [0.15, 0.2) is 11.6 Å². The molecule has 0 saturated carbocycles. The van der Waals surface area contributed by atoms with Crippen LogP contribution >= 0.6 is 0 Å². The summed E-state index contributed by atoms with van der Waals surface area (Å²) in [5.41, 5.74) is 1.76. The third kappa shape index (κ3) is 5.19. The van der Waals surface area contributed by atoms with Gasteiger partial charge in [-0.25, -0.2) is 0 Å². The number of methoxy groups -OCH3 is 1. The molecule has 1 aliphatic rings. The average Bonchev–Trinajstić information content (AvgIpc) is 3.25. The molecule has 0 spiro atoms. The zero-order chi connectivity index (χ0) is 24.1. The molecule has 2 atom stereocenters. The fourth-order valence-electron chi connectivity index (χ4n) is 3.98. The van der Waals surface area contributed by atoms with Crippen molar-refractivity contribution in [1.82, 2.24) is 0 Å². The Balaban J connectivity index is 2.09. The second-order valence-electron chi connectivity index (χ2n) is 7.65. The van der Waals surface area contributed by atoms with Crippen LogP contribution in [0.4, 0.5) is 0 Å². The molecule has 2 aromatic carbocycles. The number of carbonyl (C=O) groups is 3. The molecule has 0 amide bonds. The van der Waals surface area contributed by atoms with Crippen molar-refractivity contribution in [3.05, 3.63) is 68.8 Å². The van der Waals surface area contributed by atoms with Crippen LogP contribution in [0.15, 0.2) is 36.4 Å². The number of rotatable bonds is 10. The van der Waals surface area contributed by atoms with Crippen molar-refractivity contribution >= 4 is 17.5 Å². The van der Waals surface area contributed by atoms with E-state index < -0.39 is 35.1 Å². The first-order valence-corrected chi connectivity index (χ1v) is 10.5. The van der Waals surface area contributed by atoms with E-state index in [1.807, 2.05) is 0 Å². The molecule has 0 saturated heterocycles. The molecule has 0 N–H and O–H groups in total. The lowest BCUT2D eigenvalue weighted by atomic mass is 9.80. The van der Waals surface area contributed by atoms with Crippen molar-refractivity contribution in [3.63, 3.8) is 0 Å². The maximum atomic E-state index is 13.5. The van der Waals surface area contributed by atoms with Crippen molar-refractivity contribution in [2.45, 2.75) is 26.2 Å². The highest BCUT2D eigenvalue weighted by Gasteiger charge is 2.41. The molecular weight excluding hydrogens is 430 g/mol. The minimum atomic E-state index is -1.47. The number of carbonyl (C=O) groups excluding carboxylic acids is 3. The Bertz CT molecular complexity index is 1090. The molecule has 0 fully saturated rings. The second kappa shape index (κ2) is 10.2. The summed E-state index contributed by atoms with van der Waals surface area (Å²) in [6.45, 7) is 2.81. The standard InChI is InChI=1S/C24H25NO8/c1-4-32-24(28)22(23(27)17-7-8-18(14(2)26)21(12-17)31-3)19(13-25(29)30)16-6-5-15-9-10-33-20(15)11-16/h5-8,11-12,19,22H,4,9-10,13H2,1-3H3. The lowest BCUT2D eigenvalue weighted by Gasteiger charge is -2.23. The van der Waals surface area contributed by atoms with Crippen LogP contribution in [0.2, 0.25) is 0 Å². The molecule has 174 valence electrons. The van der Waals surface area contributed by atoms with Gasteiger partial charge < -0.3 is 14.2 Å². The summed E-state index contributed by atoms with van der Waals surface area (Å²) < 4.78 is 15.9. The van der Waals surface area contributed by atoms with Crippen LogP contribution in [-0.4, -0.2) is 49.3 Å². The first-order valence-electron chi connectivity index (χ1n) is 10.5. The van der Waals surface area contributed by atoms with E-state index in [0.717, 1.165) is 12.0 Å². The van der Waals surface area contributed by atoms with Gasteiger partial charge in [-0.15, -0.1) is 0 Å². The van der Waals surface area contributed by atoms with E-state index in [1.54, 1.807) is 25.1 Å². The van der Waals surface area contributed by atoms with E-state index >= 15 is 0 Å². The molecule has 1 heterocycles. The predicted molar refractivity (Wildman–Crippen MR) is 118 cm³/mol. The lowest BCUT2D eigenvalue weighted by Crippen LogP contribution is -2.35. The van der Waals surface area contributed by atoms with E-state index in [1.165, 1.54) is 32.2 Å². The summed E-state index contributed by atoms with van der Waals surface area (Å²) in [6, 6.07) is 9.32. The highest BCUT2D eigenvalue weighted by Crippen LogP contribution is 2.35. The maximum absolute atomic E-state index is 13.5. The zero-order valence-electron chi connectivity index (χ0n) is 18.7. The van der Waals surface area contributed by atoms with Crippen LogP contribution in [0.5, 0.6) is 11.5 Å². The highest BCUT2D eigenvalue weighted by atomic mass is 16.6. The molecule has 0 radical (unpaired) electrons. The van der Waals surface area contributed by atoms with Gasteiger partial charge in [0.1, 0.15) is 17.4 Å². The lowest BCUT2D eigenvalue weighted by molar-refractivity contribution is -0.484. The molecule has 0 aliphatic carbocycles. The number of Topliss-reactive ketones (excluding diaryl/α,β-unsaturated/α-hetero) is 2. The summed E-state index contributed by atoms with van der Waals surface area (Å²) in [5, 5.41) is 11.5. The van der Waals surface area contributed by atoms with Gasteiger partial charge in [-0.05, 0) is 43.2 Å². The monoisotopic (exact) mass is 455 g/mol. The molecule has 33 heavy (non-hydrogen) atoms. The van der Waals surface area contributed by atoms with Crippen LogP contribution in [0.3, 0.4) is 0 Å². The van der Waals surface area contributed by atoms with E-state index in [2.05, 4.69) is 0 Å². The summed E-state index contributed by atoms with van der Waals surface area (Å²) in [7, 11) is 1.36. The van der Waals surface area contributed by atoms with Crippen LogP contribution in [0.25, 0.3) is 0 Å². The summed E-state index contributed by atoms with van der Waals surface area (Å²) >= 11 is 0. The second-order valence-corrected chi connectivity index (χ2v) is 7.65. The topological polar surface area (TPSA) is 122 Å². The Kier molecular flexibility index (Phi) is 7.42. The Hall–Kier alpha value is -3.75. The number of ketones is 2. The number of hydrogen-bond donors (Lipinski definition) is 0. The first-order chi connectivity index (χ1) is 15.8. The van der Waals surface area contributed by atoms with Gasteiger partial charge in [-0.1, -0.05) is 18.2 Å². The van der Waals surface area contributed by atoms with Gasteiger partial charge in [0.25, 0.3) is 0 Å². The first kappa shape index (κ1) is 23.9. The zero-order valence-corrected chi connectivity index (χ0v) is 18.7. The van der Waals surface area contributed by atoms with E-state index in [0.29, 0.717) is 17.9 Å². The van der Waals surface area contributed by atoms with Gasteiger partial charge in [-0.2, -0.15) is 0 Å². The molecule has 3 rings (SSSR count). The number of fused-ring (bicyclic) bond motifs is 1. The molecular formula is C24H25NO8. The number of nitro groups is 1. The predicted octanol–water partition coefficient (Wildman–Crippen LogP) is 3.26. The normalized spacial score (nSPS) is 13.9. The summed E-state index contributed by atoms with van der Waals surface area (Å²) in [4.78, 5) is 49.3. The third-order valence-corrected chi connectivity index (χ3v) is 5.58. The van der Waals surface area contributed by atoms with Gasteiger partial charge in [0, 0.05) is 16.9 Å². The Morgan fingerprint density at radius 3 is 2.58 bits per heavy atom. The molecule has 0 bridgehead atoms. The molecule has 0 aromatic heterocycles. The third-order valence-electron chi connectivity index (χ3n) is 5.58. The maximum Gasteiger partial charge on any atom is 0.317 e. The molecule has 1 aliphatic heterocycles. The fraction of sp³-hybridized carbons (Fsp3) is 0.375. The van der Waals surface area contributed by atoms with Crippen molar-refractivity contribution in [3.8, 4) is 11.5 Å². The quantitative estimate of drug-likeness (QED) is 0.176. The minimum absolute atomic E-state index is 0.00763.